The molecule has 0 saturated carbocycles. The number of halogens is 2. The van der Waals surface area contributed by atoms with Crippen LogP contribution in [0.25, 0.3) is 5.95 Å². The van der Waals surface area contributed by atoms with Crippen molar-refractivity contribution >= 4 is 23.2 Å². The largest absolute Gasteiger partial charge is 0.463 e. The lowest BCUT2D eigenvalue weighted by Gasteiger charge is -2.04. The summed E-state index contributed by atoms with van der Waals surface area (Å²) in [7, 11) is 0. The molecule has 8 heteroatoms. The minimum atomic E-state index is 0.0488. The lowest BCUT2D eigenvalue weighted by Crippen LogP contribution is -2.07. The highest BCUT2D eigenvalue weighted by molar-refractivity contribution is 6.30. The molecule has 0 saturated heterocycles. The molecule has 6 nitrogen and oxygen atoms in total. The van der Waals surface area contributed by atoms with Crippen molar-refractivity contribution in [3.8, 4) is 12.0 Å². The van der Waals surface area contributed by atoms with Crippen molar-refractivity contribution in [1.29, 1.82) is 0 Å². The zero-order chi connectivity index (χ0) is 12.3. The molecule has 2 aromatic heterocycles. The SMILES string of the molecule is CCCOc1nc(Cl)nc(-n2cc(Cl)cn2)n1. The summed E-state index contributed by atoms with van der Waals surface area (Å²) in [5.41, 5.74) is 0. The molecule has 2 heterocycles. The average molecular weight is 274 g/mol. The Bertz CT molecular complexity index is 516. The first-order valence-corrected chi connectivity index (χ1v) is 5.69. The Labute approximate surface area is 108 Å². The van der Waals surface area contributed by atoms with Gasteiger partial charge in [-0.1, -0.05) is 18.5 Å². The number of nitrogens with zero attached hydrogens (tertiary/aromatic N) is 5. The highest BCUT2D eigenvalue weighted by atomic mass is 35.5. The van der Waals surface area contributed by atoms with Crippen molar-refractivity contribution < 1.29 is 4.74 Å². The van der Waals surface area contributed by atoms with Crippen LogP contribution >= 0.6 is 23.2 Å². The van der Waals surface area contributed by atoms with Crippen LogP contribution in [0, 0.1) is 0 Å². The Morgan fingerprint density at radius 3 is 2.76 bits per heavy atom. The van der Waals surface area contributed by atoms with E-state index in [0.717, 1.165) is 6.42 Å². The molecule has 2 rings (SSSR count). The van der Waals surface area contributed by atoms with Crippen LogP contribution in [0.1, 0.15) is 13.3 Å². The molecule has 90 valence electrons. The summed E-state index contributed by atoms with van der Waals surface area (Å²) in [6, 6.07) is 0.175. The van der Waals surface area contributed by atoms with E-state index in [1.165, 1.54) is 10.9 Å². The molecule has 0 aliphatic heterocycles. The number of ether oxygens (including phenoxy) is 1. The lowest BCUT2D eigenvalue weighted by molar-refractivity contribution is 0.290. The predicted octanol–water partition coefficient (Wildman–Crippen LogP) is 2.15. The first-order chi connectivity index (χ1) is 8.19. The van der Waals surface area contributed by atoms with Crippen LogP contribution in [-0.4, -0.2) is 31.3 Å². The van der Waals surface area contributed by atoms with Crippen LogP contribution in [0.5, 0.6) is 6.01 Å². The standard InChI is InChI=1S/C9H9Cl2N5O/c1-2-3-17-9-14-7(11)13-8(15-9)16-5-6(10)4-12-16/h4-5H,2-3H2,1H3. The average Bonchev–Trinajstić information content (AvgIpc) is 2.72. The topological polar surface area (TPSA) is 65.7 Å². The summed E-state index contributed by atoms with van der Waals surface area (Å²) < 4.78 is 6.68. The van der Waals surface area contributed by atoms with Crippen LogP contribution in [0.3, 0.4) is 0 Å². The van der Waals surface area contributed by atoms with Crippen molar-refractivity contribution in [2.45, 2.75) is 13.3 Å². The fraction of sp³-hybridized carbons (Fsp3) is 0.333. The van der Waals surface area contributed by atoms with E-state index in [1.54, 1.807) is 6.20 Å². The molecular formula is C9H9Cl2N5O. The third kappa shape index (κ3) is 3.04. The van der Waals surface area contributed by atoms with E-state index in [-0.39, 0.29) is 17.2 Å². The summed E-state index contributed by atoms with van der Waals surface area (Å²) in [4.78, 5) is 11.8. The molecule has 2 aromatic rings. The van der Waals surface area contributed by atoms with Gasteiger partial charge in [-0.2, -0.15) is 20.1 Å². The van der Waals surface area contributed by atoms with Gasteiger partial charge in [0, 0.05) is 0 Å². The Morgan fingerprint density at radius 2 is 2.12 bits per heavy atom. The molecule has 0 amide bonds. The van der Waals surface area contributed by atoms with Crippen LogP contribution < -0.4 is 4.74 Å². The van der Waals surface area contributed by atoms with E-state index in [0.29, 0.717) is 11.6 Å². The van der Waals surface area contributed by atoms with E-state index >= 15 is 0 Å². The number of hydrogen-bond acceptors (Lipinski definition) is 5. The number of rotatable bonds is 4. The Kier molecular flexibility index (Phi) is 3.75. The smallest absolute Gasteiger partial charge is 0.322 e. The monoisotopic (exact) mass is 273 g/mol. The second-order valence-electron chi connectivity index (χ2n) is 3.14. The van der Waals surface area contributed by atoms with Crippen molar-refractivity contribution in [3.05, 3.63) is 22.7 Å². The molecule has 0 aliphatic carbocycles. The normalized spacial score (nSPS) is 10.5. The second-order valence-corrected chi connectivity index (χ2v) is 3.91. The first kappa shape index (κ1) is 12.1. The molecule has 0 bridgehead atoms. The quantitative estimate of drug-likeness (QED) is 0.854. The molecule has 0 spiro atoms. The van der Waals surface area contributed by atoms with E-state index in [2.05, 4.69) is 20.1 Å². The van der Waals surface area contributed by atoms with Crippen molar-refractivity contribution in [2.75, 3.05) is 6.61 Å². The Hall–Kier alpha value is -1.40. The van der Waals surface area contributed by atoms with Gasteiger partial charge in [-0.05, 0) is 18.0 Å². The van der Waals surface area contributed by atoms with Gasteiger partial charge in [0.25, 0.3) is 5.95 Å². The lowest BCUT2D eigenvalue weighted by atomic mass is 10.5. The molecule has 0 aliphatic rings. The second kappa shape index (κ2) is 5.29. The molecule has 0 unspecified atom stereocenters. The minimum Gasteiger partial charge on any atom is -0.463 e. The van der Waals surface area contributed by atoms with Gasteiger partial charge in [0.05, 0.1) is 24.0 Å². The molecule has 0 aromatic carbocycles. The van der Waals surface area contributed by atoms with Crippen molar-refractivity contribution in [1.82, 2.24) is 24.7 Å². The van der Waals surface area contributed by atoms with Gasteiger partial charge in [0.15, 0.2) is 0 Å². The third-order valence-corrected chi connectivity index (χ3v) is 2.13. The highest BCUT2D eigenvalue weighted by Crippen LogP contribution is 2.13. The first-order valence-electron chi connectivity index (χ1n) is 4.94. The van der Waals surface area contributed by atoms with Crippen LogP contribution in [0.2, 0.25) is 10.3 Å². The van der Waals surface area contributed by atoms with Gasteiger partial charge in [-0.25, -0.2) is 4.68 Å². The maximum absolute atomic E-state index is 5.77. The summed E-state index contributed by atoms with van der Waals surface area (Å²) in [6.07, 6.45) is 3.90. The summed E-state index contributed by atoms with van der Waals surface area (Å²) in [6.45, 7) is 2.50. The van der Waals surface area contributed by atoms with Gasteiger partial charge in [0.1, 0.15) is 0 Å². The number of hydrogen-bond donors (Lipinski definition) is 0. The van der Waals surface area contributed by atoms with Gasteiger partial charge in [-0.3, -0.25) is 0 Å². The molecular weight excluding hydrogens is 265 g/mol. The fourth-order valence-corrected chi connectivity index (χ4v) is 1.38. The van der Waals surface area contributed by atoms with E-state index in [1.807, 2.05) is 6.92 Å². The van der Waals surface area contributed by atoms with Crippen molar-refractivity contribution in [3.63, 3.8) is 0 Å². The molecule has 0 fully saturated rings. The van der Waals surface area contributed by atoms with Crippen LogP contribution in [0.4, 0.5) is 0 Å². The van der Waals surface area contributed by atoms with Gasteiger partial charge < -0.3 is 4.74 Å². The van der Waals surface area contributed by atoms with E-state index < -0.39 is 0 Å². The van der Waals surface area contributed by atoms with Gasteiger partial charge in [-0.15, -0.1) is 0 Å². The maximum Gasteiger partial charge on any atom is 0.322 e. The van der Waals surface area contributed by atoms with Crippen LogP contribution in [0.15, 0.2) is 12.4 Å². The van der Waals surface area contributed by atoms with Crippen molar-refractivity contribution in [2.24, 2.45) is 0 Å². The highest BCUT2D eigenvalue weighted by Gasteiger charge is 2.08. The number of aromatic nitrogens is 5. The maximum atomic E-state index is 5.77. The molecule has 0 radical (unpaired) electrons. The predicted molar refractivity (Wildman–Crippen MR) is 62.8 cm³/mol. The Morgan fingerprint density at radius 1 is 1.29 bits per heavy atom. The van der Waals surface area contributed by atoms with E-state index in [9.17, 15) is 0 Å². The van der Waals surface area contributed by atoms with Gasteiger partial charge in [0.2, 0.25) is 5.28 Å². The Balaban J connectivity index is 2.31. The van der Waals surface area contributed by atoms with Gasteiger partial charge >= 0.3 is 6.01 Å². The molecule has 0 atom stereocenters. The van der Waals surface area contributed by atoms with E-state index in [4.69, 9.17) is 27.9 Å². The molecule has 17 heavy (non-hydrogen) atoms. The fourth-order valence-electron chi connectivity index (χ4n) is 1.09. The third-order valence-electron chi connectivity index (χ3n) is 1.77. The summed E-state index contributed by atoms with van der Waals surface area (Å²) >= 11 is 11.5. The minimum absolute atomic E-state index is 0.0488. The molecule has 0 N–H and O–H groups in total. The zero-order valence-corrected chi connectivity index (χ0v) is 10.5. The summed E-state index contributed by atoms with van der Waals surface area (Å²) in [5, 5.41) is 4.50. The van der Waals surface area contributed by atoms with Crippen LogP contribution in [-0.2, 0) is 0 Å². The summed E-state index contributed by atoms with van der Waals surface area (Å²) in [5.74, 6) is 0.267. The zero-order valence-electron chi connectivity index (χ0n) is 8.97.